The fourth-order valence-corrected chi connectivity index (χ4v) is 3.99. The predicted octanol–water partition coefficient (Wildman–Crippen LogP) is 8.66. The number of rotatable bonds is 13. The van der Waals surface area contributed by atoms with Gasteiger partial charge in [0, 0.05) is 3.57 Å². The van der Waals surface area contributed by atoms with Gasteiger partial charge in [-0.2, -0.15) is 0 Å². The van der Waals surface area contributed by atoms with Gasteiger partial charge in [0.25, 0.3) is 0 Å². The minimum atomic E-state index is -0.143. The average Bonchev–Trinajstić information content (AvgIpc) is 2.56. The smallest absolute Gasteiger partial charge is 0.121 e. The van der Waals surface area contributed by atoms with Crippen molar-refractivity contribution < 1.29 is 4.74 Å². The van der Waals surface area contributed by atoms with Crippen molar-refractivity contribution in [2.45, 2.75) is 97.5 Å². The molecule has 0 spiro atoms. The second kappa shape index (κ2) is 12.4. The first-order valence-electron chi connectivity index (χ1n) is 10.0. The van der Waals surface area contributed by atoms with Crippen LogP contribution in [-0.4, -0.2) is 5.60 Å². The number of unbranched alkanes of at least 4 members (excludes halogenated alkanes) is 6. The predicted molar refractivity (Wildman–Crippen MR) is 120 cm³/mol. The summed E-state index contributed by atoms with van der Waals surface area (Å²) >= 11 is 8.41. The normalized spacial score (nSPS) is 13.0. The maximum absolute atomic E-state index is 6.43. The largest absolute Gasteiger partial charge is 0.488 e. The summed E-state index contributed by atoms with van der Waals surface area (Å²) in [5.41, 5.74) is -0.143. The molecule has 0 aromatic heterocycles. The van der Waals surface area contributed by atoms with Gasteiger partial charge in [-0.05, 0) is 73.4 Å². The third kappa shape index (κ3) is 8.99. The van der Waals surface area contributed by atoms with Gasteiger partial charge < -0.3 is 4.74 Å². The van der Waals surface area contributed by atoms with Crippen LogP contribution >= 0.6 is 34.2 Å². The number of benzene rings is 1. The standard InChI is InChI=1S/C22H36ClIO/c1-5-7-9-10-11-12-14-18(13-8-6-2)22(3,4)25-19-15-16-20(23)21(24)17-19/h15-18H,5-14H2,1-4H3. The molecule has 1 aromatic rings. The minimum Gasteiger partial charge on any atom is -0.488 e. The Balaban J connectivity index is 2.62. The van der Waals surface area contributed by atoms with Gasteiger partial charge in [-0.3, -0.25) is 0 Å². The number of hydrogen-bond acceptors (Lipinski definition) is 1. The molecule has 0 fully saturated rings. The van der Waals surface area contributed by atoms with E-state index in [-0.39, 0.29) is 5.60 Å². The minimum absolute atomic E-state index is 0.143. The topological polar surface area (TPSA) is 9.23 Å². The Bertz CT molecular complexity index is 487. The summed E-state index contributed by atoms with van der Waals surface area (Å²) in [6.07, 6.45) is 13.2. The molecule has 0 N–H and O–H groups in total. The Kier molecular flexibility index (Phi) is 11.5. The molecule has 3 heteroatoms. The Morgan fingerprint density at radius 1 is 0.960 bits per heavy atom. The van der Waals surface area contributed by atoms with Crippen molar-refractivity contribution >= 4 is 34.2 Å². The molecule has 1 rings (SSSR count). The lowest BCUT2D eigenvalue weighted by Gasteiger charge is -2.35. The molecular formula is C22H36ClIO. The van der Waals surface area contributed by atoms with E-state index in [0.717, 1.165) is 14.3 Å². The molecule has 0 aliphatic rings. The van der Waals surface area contributed by atoms with E-state index in [1.165, 1.54) is 64.2 Å². The molecule has 0 bridgehead atoms. The zero-order chi connectivity index (χ0) is 18.7. The zero-order valence-electron chi connectivity index (χ0n) is 16.5. The summed E-state index contributed by atoms with van der Waals surface area (Å²) in [4.78, 5) is 0. The summed E-state index contributed by atoms with van der Waals surface area (Å²) in [6, 6.07) is 5.98. The molecular weight excluding hydrogens is 443 g/mol. The van der Waals surface area contributed by atoms with Crippen LogP contribution in [0.3, 0.4) is 0 Å². The van der Waals surface area contributed by atoms with E-state index in [1.807, 2.05) is 18.2 Å². The third-order valence-electron chi connectivity index (χ3n) is 5.07. The molecule has 0 saturated heterocycles. The molecule has 144 valence electrons. The van der Waals surface area contributed by atoms with Crippen LogP contribution in [0.2, 0.25) is 5.02 Å². The quantitative estimate of drug-likeness (QED) is 0.203. The van der Waals surface area contributed by atoms with Crippen LogP contribution in [0.15, 0.2) is 18.2 Å². The van der Waals surface area contributed by atoms with Gasteiger partial charge in [-0.1, -0.05) is 76.8 Å². The Hall–Kier alpha value is 0.0400. The van der Waals surface area contributed by atoms with E-state index >= 15 is 0 Å². The van der Waals surface area contributed by atoms with Crippen molar-refractivity contribution in [3.05, 3.63) is 26.8 Å². The third-order valence-corrected chi connectivity index (χ3v) is 6.61. The van der Waals surface area contributed by atoms with Crippen molar-refractivity contribution in [3.63, 3.8) is 0 Å². The van der Waals surface area contributed by atoms with E-state index in [9.17, 15) is 0 Å². The summed E-state index contributed by atoms with van der Waals surface area (Å²) in [7, 11) is 0. The van der Waals surface area contributed by atoms with Crippen molar-refractivity contribution in [2.75, 3.05) is 0 Å². The van der Waals surface area contributed by atoms with Crippen LogP contribution in [0.4, 0.5) is 0 Å². The van der Waals surface area contributed by atoms with E-state index in [1.54, 1.807) is 0 Å². The average molecular weight is 479 g/mol. The first-order chi connectivity index (χ1) is 11.9. The van der Waals surface area contributed by atoms with E-state index < -0.39 is 0 Å². The first-order valence-corrected chi connectivity index (χ1v) is 11.5. The second-order valence-electron chi connectivity index (χ2n) is 7.68. The summed E-state index contributed by atoms with van der Waals surface area (Å²) in [5.74, 6) is 1.54. The van der Waals surface area contributed by atoms with E-state index in [0.29, 0.717) is 5.92 Å². The maximum Gasteiger partial charge on any atom is 0.121 e. The Morgan fingerprint density at radius 3 is 2.20 bits per heavy atom. The first kappa shape index (κ1) is 23.1. The van der Waals surface area contributed by atoms with Crippen LogP contribution in [-0.2, 0) is 0 Å². The van der Waals surface area contributed by atoms with Crippen LogP contribution < -0.4 is 4.74 Å². The molecule has 0 aliphatic heterocycles. The summed E-state index contributed by atoms with van der Waals surface area (Å²) < 4.78 is 7.48. The zero-order valence-corrected chi connectivity index (χ0v) is 19.5. The van der Waals surface area contributed by atoms with E-state index in [2.05, 4.69) is 50.3 Å². The molecule has 0 amide bonds. The lowest BCUT2D eigenvalue weighted by atomic mass is 9.82. The molecule has 1 atom stereocenters. The van der Waals surface area contributed by atoms with Crippen LogP contribution in [0.1, 0.15) is 91.9 Å². The van der Waals surface area contributed by atoms with Gasteiger partial charge in [0.2, 0.25) is 0 Å². The van der Waals surface area contributed by atoms with Crippen molar-refractivity contribution in [1.29, 1.82) is 0 Å². The molecule has 25 heavy (non-hydrogen) atoms. The number of hydrogen-bond donors (Lipinski definition) is 0. The monoisotopic (exact) mass is 478 g/mol. The summed E-state index contributed by atoms with van der Waals surface area (Å²) in [6.45, 7) is 9.06. The maximum atomic E-state index is 6.43. The molecule has 0 aliphatic carbocycles. The van der Waals surface area contributed by atoms with Crippen molar-refractivity contribution in [2.24, 2.45) is 5.92 Å². The highest BCUT2D eigenvalue weighted by Gasteiger charge is 2.30. The lowest BCUT2D eigenvalue weighted by molar-refractivity contribution is 0.0325. The fraction of sp³-hybridized carbons (Fsp3) is 0.727. The highest BCUT2D eigenvalue weighted by molar-refractivity contribution is 14.1. The van der Waals surface area contributed by atoms with Gasteiger partial charge in [0.05, 0.1) is 5.02 Å². The van der Waals surface area contributed by atoms with Gasteiger partial charge in [-0.15, -0.1) is 0 Å². The van der Waals surface area contributed by atoms with Gasteiger partial charge in [0.1, 0.15) is 11.4 Å². The van der Waals surface area contributed by atoms with Gasteiger partial charge >= 0.3 is 0 Å². The molecule has 0 saturated carbocycles. The van der Waals surface area contributed by atoms with Crippen molar-refractivity contribution in [3.8, 4) is 5.75 Å². The van der Waals surface area contributed by atoms with Crippen molar-refractivity contribution in [1.82, 2.24) is 0 Å². The molecule has 1 aromatic carbocycles. The molecule has 1 nitrogen and oxygen atoms in total. The Labute approximate surface area is 174 Å². The second-order valence-corrected chi connectivity index (χ2v) is 9.25. The van der Waals surface area contributed by atoms with Crippen LogP contribution in [0.5, 0.6) is 5.75 Å². The molecule has 0 heterocycles. The van der Waals surface area contributed by atoms with Gasteiger partial charge in [-0.25, -0.2) is 0 Å². The van der Waals surface area contributed by atoms with Gasteiger partial charge in [0.15, 0.2) is 0 Å². The highest BCUT2D eigenvalue weighted by Crippen LogP contribution is 2.34. The lowest BCUT2D eigenvalue weighted by Crippen LogP contribution is -2.37. The van der Waals surface area contributed by atoms with E-state index in [4.69, 9.17) is 16.3 Å². The fourth-order valence-electron chi connectivity index (χ4n) is 3.39. The molecule has 0 radical (unpaired) electrons. The number of halogens is 2. The SMILES string of the molecule is CCCCCCCCC(CCCC)C(C)(C)Oc1ccc(Cl)c(I)c1. The number of ether oxygens (including phenoxy) is 1. The Morgan fingerprint density at radius 2 is 1.56 bits per heavy atom. The van der Waals surface area contributed by atoms with Crippen LogP contribution in [0, 0.1) is 9.49 Å². The van der Waals surface area contributed by atoms with Crippen LogP contribution in [0.25, 0.3) is 0 Å². The molecule has 1 unspecified atom stereocenters. The summed E-state index contributed by atoms with van der Waals surface area (Å²) in [5, 5.41) is 0.792. The highest BCUT2D eigenvalue weighted by atomic mass is 127.